The molecule has 1 saturated carbocycles. The van der Waals surface area contributed by atoms with Crippen molar-refractivity contribution >= 4 is 17.7 Å². The Labute approximate surface area is 136 Å². The summed E-state index contributed by atoms with van der Waals surface area (Å²) in [6, 6.07) is 2.12. The Morgan fingerprint density at radius 1 is 1.04 bits per heavy atom. The minimum absolute atomic E-state index is 0.0906. The molecule has 0 spiro atoms. The highest BCUT2D eigenvalue weighted by molar-refractivity contribution is 6.35. The molecule has 1 heterocycles. The highest BCUT2D eigenvalue weighted by Crippen LogP contribution is 2.39. The number of carbonyl (C=O) groups is 3. The van der Waals surface area contributed by atoms with E-state index in [0.717, 1.165) is 12.8 Å². The molecule has 0 radical (unpaired) electrons. The molecule has 0 aromatic carbocycles. The number of hydrogen-bond acceptors (Lipinski definition) is 4. The lowest BCUT2D eigenvalue weighted by Crippen LogP contribution is -2.56. The second kappa shape index (κ2) is 6.99. The number of carbonyl (C=O) groups excluding carboxylic acids is 3. The van der Waals surface area contributed by atoms with Crippen LogP contribution in [0, 0.1) is 16.7 Å². The van der Waals surface area contributed by atoms with Crippen molar-refractivity contribution in [2.24, 2.45) is 5.41 Å². The van der Waals surface area contributed by atoms with Crippen LogP contribution in [0.15, 0.2) is 0 Å². The standard InChI is InChI=1S/C16H24N4O3/c1-12(2)18-13(21)14(22)19-7-9-20(10-8-19)15(23)16(11-17)5-3-4-6-16/h12H,3-10H2,1-2H3,(H,18,21). The Kier molecular flexibility index (Phi) is 5.24. The predicted octanol–water partition coefficient (Wildman–Crippen LogP) is 0.266. The number of amides is 3. The first kappa shape index (κ1) is 17.3. The molecular formula is C16H24N4O3. The van der Waals surface area contributed by atoms with Crippen molar-refractivity contribution in [2.45, 2.75) is 45.6 Å². The Balaban J connectivity index is 1.91. The smallest absolute Gasteiger partial charge is 0.312 e. The van der Waals surface area contributed by atoms with Crippen LogP contribution in [-0.2, 0) is 14.4 Å². The number of nitriles is 1. The summed E-state index contributed by atoms with van der Waals surface area (Å²) in [5.41, 5.74) is -0.874. The van der Waals surface area contributed by atoms with E-state index in [1.807, 2.05) is 0 Å². The Bertz CT molecular complexity index is 524. The lowest BCUT2D eigenvalue weighted by Gasteiger charge is -2.37. The average molecular weight is 320 g/mol. The van der Waals surface area contributed by atoms with Crippen LogP contribution in [0.25, 0.3) is 0 Å². The quantitative estimate of drug-likeness (QED) is 0.739. The first-order valence-electron chi connectivity index (χ1n) is 8.20. The van der Waals surface area contributed by atoms with Crippen LogP contribution >= 0.6 is 0 Å². The molecule has 126 valence electrons. The van der Waals surface area contributed by atoms with Gasteiger partial charge in [-0.25, -0.2) is 0 Å². The fraction of sp³-hybridized carbons (Fsp3) is 0.750. The molecule has 3 amide bonds. The van der Waals surface area contributed by atoms with Gasteiger partial charge in [-0.05, 0) is 26.7 Å². The molecule has 0 aromatic rings. The van der Waals surface area contributed by atoms with Crippen LogP contribution in [0.1, 0.15) is 39.5 Å². The van der Waals surface area contributed by atoms with E-state index in [2.05, 4.69) is 11.4 Å². The fourth-order valence-corrected chi connectivity index (χ4v) is 3.23. The van der Waals surface area contributed by atoms with Gasteiger partial charge in [0, 0.05) is 32.2 Å². The van der Waals surface area contributed by atoms with Gasteiger partial charge in [-0.2, -0.15) is 5.26 Å². The fourth-order valence-electron chi connectivity index (χ4n) is 3.23. The molecule has 23 heavy (non-hydrogen) atoms. The summed E-state index contributed by atoms with van der Waals surface area (Å²) in [7, 11) is 0. The number of rotatable bonds is 2. The second-order valence-electron chi connectivity index (χ2n) is 6.61. The third-order valence-electron chi connectivity index (χ3n) is 4.55. The Morgan fingerprint density at radius 2 is 1.57 bits per heavy atom. The zero-order valence-electron chi connectivity index (χ0n) is 13.8. The highest BCUT2D eigenvalue weighted by atomic mass is 16.2. The average Bonchev–Trinajstić information content (AvgIpc) is 3.03. The topological polar surface area (TPSA) is 93.5 Å². The van der Waals surface area contributed by atoms with E-state index in [0.29, 0.717) is 39.0 Å². The molecule has 1 saturated heterocycles. The van der Waals surface area contributed by atoms with Crippen LogP contribution in [0.2, 0.25) is 0 Å². The van der Waals surface area contributed by atoms with E-state index in [1.165, 1.54) is 4.90 Å². The van der Waals surface area contributed by atoms with Crippen molar-refractivity contribution < 1.29 is 14.4 Å². The third kappa shape index (κ3) is 3.63. The third-order valence-corrected chi connectivity index (χ3v) is 4.55. The van der Waals surface area contributed by atoms with Crippen LogP contribution in [0.3, 0.4) is 0 Å². The van der Waals surface area contributed by atoms with Crippen molar-refractivity contribution in [2.75, 3.05) is 26.2 Å². The van der Waals surface area contributed by atoms with Gasteiger partial charge in [0.1, 0.15) is 5.41 Å². The van der Waals surface area contributed by atoms with E-state index in [1.54, 1.807) is 18.7 Å². The van der Waals surface area contributed by atoms with E-state index in [4.69, 9.17) is 0 Å². The molecule has 1 N–H and O–H groups in total. The minimum Gasteiger partial charge on any atom is -0.346 e. The molecule has 1 aliphatic carbocycles. The summed E-state index contributed by atoms with van der Waals surface area (Å²) in [6.45, 7) is 5.01. The van der Waals surface area contributed by atoms with Gasteiger partial charge in [0.15, 0.2) is 0 Å². The lowest BCUT2D eigenvalue weighted by atomic mass is 9.86. The molecular weight excluding hydrogens is 296 g/mol. The van der Waals surface area contributed by atoms with Crippen molar-refractivity contribution in [3.63, 3.8) is 0 Å². The summed E-state index contributed by atoms with van der Waals surface area (Å²) in [4.78, 5) is 39.6. The van der Waals surface area contributed by atoms with E-state index in [9.17, 15) is 19.6 Å². The van der Waals surface area contributed by atoms with Crippen LogP contribution < -0.4 is 5.32 Å². The maximum Gasteiger partial charge on any atom is 0.312 e. The molecule has 0 atom stereocenters. The monoisotopic (exact) mass is 320 g/mol. The Morgan fingerprint density at radius 3 is 2.04 bits per heavy atom. The maximum absolute atomic E-state index is 12.6. The van der Waals surface area contributed by atoms with Crippen molar-refractivity contribution in [1.82, 2.24) is 15.1 Å². The number of hydrogen-bond donors (Lipinski definition) is 1. The summed E-state index contributed by atoms with van der Waals surface area (Å²) >= 11 is 0. The first-order chi connectivity index (χ1) is 10.9. The zero-order chi connectivity index (χ0) is 17.0. The van der Waals surface area contributed by atoms with E-state index < -0.39 is 17.2 Å². The van der Waals surface area contributed by atoms with Crippen molar-refractivity contribution in [3.8, 4) is 6.07 Å². The molecule has 2 rings (SSSR count). The molecule has 1 aliphatic heterocycles. The molecule has 0 bridgehead atoms. The molecule has 0 aromatic heterocycles. The lowest BCUT2D eigenvalue weighted by molar-refractivity contribution is -0.150. The van der Waals surface area contributed by atoms with Crippen LogP contribution in [0.5, 0.6) is 0 Å². The van der Waals surface area contributed by atoms with Gasteiger partial charge in [-0.15, -0.1) is 0 Å². The Hall–Kier alpha value is -2.10. The number of nitrogens with one attached hydrogen (secondary N) is 1. The normalized spacial score (nSPS) is 20.3. The van der Waals surface area contributed by atoms with Gasteiger partial charge in [-0.3, -0.25) is 14.4 Å². The minimum atomic E-state index is -0.874. The van der Waals surface area contributed by atoms with Gasteiger partial charge in [0.2, 0.25) is 5.91 Å². The molecule has 7 heteroatoms. The van der Waals surface area contributed by atoms with Crippen LogP contribution in [-0.4, -0.2) is 59.7 Å². The maximum atomic E-state index is 12.6. The van der Waals surface area contributed by atoms with Crippen molar-refractivity contribution in [3.05, 3.63) is 0 Å². The summed E-state index contributed by atoms with van der Waals surface area (Å²) < 4.78 is 0. The molecule has 2 aliphatic rings. The predicted molar refractivity (Wildman–Crippen MR) is 83.0 cm³/mol. The zero-order valence-corrected chi connectivity index (χ0v) is 13.8. The van der Waals surface area contributed by atoms with E-state index >= 15 is 0 Å². The molecule has 2 fully saturated rings. The SMILES string of the molecule is CC(C)NC(=O)C(=O)N1CCN(C(=O)C2(C#N)CCCC2)CC1. The number of piperazine rings is 1. The second-order valence-corrected chi connectivity index (χ2v) is 6.61. The van der Waals surface area contributed by atoms with Crippen LogP contribution in [0.4, 0.5) is 0 Å². The van der Waals surface area contributed by atoms with Gasteiger partial charge < -0.3 is 15.1 Å². The van der Waals surface area contributed by atoms with Gasteiger partial charge in [-0.1, -0.05) is 12.8 Å². The highest BCUT2D eigenvalue weighted by Gasteiger charge is 2.44. The van der Waals surface area contributed by atoms with Gasteiger partial charge in [0.05, 0.1) is 6.07 Å². The van der Waals surface area contributed by atoms with Gasteiger partial charge in [0.25, 0.3) is 0 Å². The summed E-state index contributed by atoms with van der Waals surface area (Å²) in [5, 5.41) is 12.0. The summed E-state index contributed by atoms with van der Waals surface area (Å²) in [5.74, 6) is -1.28. The summed E-state index contributed by atoms with van der Waals surface area (Å²) in [6.07, 6.45) is 3.07. The number of nitrogens with zero attached hydrogens (tertiary/aromatic N) is 3. The van der Waals surface area contributed by atoms with Crippen molar-refractivity contribution in [1.29, 1.82) is 5.26 Å². The first-order valence-corrected chi connectivity index (χ1v) is 8.20. The molecule has 7 nitrogen and oxygen atoms in total. The molecule has 0 unspecified atom stereocenters. The largest absolute Gasteiger partial charge is 0.346 e. The van der Waals surface area contributed by atoms with Gasteiger partial charge >= 0.3 is 11.8 Å². The van der Waals surface area contributed by atoms with E-state index in [-0.39, 0.29) is 11.9 Å².